The minimum atomic E-state index is -3.57. The maximum Gasteiger partial charge on any atom is 0.338 e. The number of nitrogens with zero attached hydrogens (tertiary/aromatic N) is 2. The Kier molecular flexibility index (Phi) is 8.46. The van der Waals surface area contributed by atoms with Crippen LogP contribution in [0.15, 0.2) is 66.7 Å². The van der Waals surface area contributed by atoms with Crippen molar-refractivity contribution < 1.29 is 22.7 Å². The van der Waals surface area contributed by atoms with E-state index in [2.05, 4.69) is 10.6 Å². The number of esters is 1. The SMILES string of the molecule is CCOC(=O)c1ccc2c(c1)NC(=O)C2=C(Nc1ccc(N(CCN(C)C)S(C)(=O)=O)c(N)c1)c1ccccc1. The fourth-order valence-electron chi connectivity index (χ4n) is 4.41. The molecule has 0 spiro atoms. The lowest BCUT2D eigenvalue weighted by Gasteiger charge is -2.26. The van der Waals surface area contributed by atoms with Gasteiger partial charge in [-0.05, 0) is 56.9 Å². The first-order valence-corrected chi connectivity index (χ1v) is 14.6. The molecule has 11 heteroatoms. The Bertz CT molecular complexity index is 1570. The third-order valence-electron chi connectivity index (χ3n) is 6.30. The molecule has 0 aliphatic carbocycles. The van der Waals surface area contributed by atoms with Gasteiger partial charge in [0.15, 0.2) is 0 Å². The lowest BCUT2D eigenvalue weighted by atomic mass is 9.99. The molecular formula is C29H33N5O5S. The smallest absolute Gasteiger partial charge is 0.338 e. The van der Waals surface area contributed by atoms with Crippen molar-refractivity contribution >= 4 is 55.9 Å². The van der Waals surface area contributed by atoms with Crippen molar-refractivity contribution in [2.75, 3.05) is 60.7 Å². The Morgan fingerprint density at radius 2 is 1.73 bits per heavy atom. The van der Waals surface area contributed by atoms with Crippen LogP contribution in [0.1, 0.15) is 28.4 Å². The van der Waals surface area contributed by atoms with E-state index in [4.69, 9.17) is 10.5 Å². The Morgan fingerprint density at radius 3 is 2.35 bits per heavy atom. The van der Waals surface area contributed by atoms with Gasteiger partial charge < -0.3 is 26.0 Å². The maximum absolute atomic E-state index is 13.3. The second kappa shape index (κ2) is 11.8. The molecule has 3 aromatic carbocycles. The lowest BCUT2D eigenvalue weighted by molar-refractivity contribution is -0.110. The van der Waals surface area contributed by atoms with Gasteiger partial charge in [0, 0.05) is 24.3 Å². The van der Waals surface area contributed by atoms with Gasteiger partial charge in [0.1, 0.15) is 0 Å². The van der Waals surface area contributed by atoms with Crippen LogP contribution in [-0.4, -0.2) is 65.2 Å². The number of hydrogen-bond donors (Lipinski definition) is 3. The van der Waals surface area contributed by atoms with Gasteiger partial charge in [-0.1, -0.05) is 36.4 Å². The zero-order valence-corrected chi connectivity index (χ0v) is 23.7. The highest BCUT2D eigenvalue weighted by atomic mass is 32.2. The number of nitrogens with two attached hydrogens (primary N) is 1. The van der Waals surface area contributed by atoms with E-state index in [0.29, 0.717) is 46.0 Å². The average molecular weight is 564 g/mol. The first-order chi connectivity index (χ1) is 19.0. The van der Waals surface area contributed by atoms with Gasteiger partial charge in [-0.2, -0.15) is 0 Å². The molecule has 0 fully saturated rings. The topological polar surface area (TPSA) is 134 Å². The number of amides is 1. The molecule has 0 unspecified atom stereocenters. The summed E-state index contributed by atoms with van der Waals surface area (Å²) < 4.78 is 31.4. The molecule has 10 nitrogen and oxygen atoms in total. The van der Waals surface area contributed by atoms with Crippen molar-refractivity contribution in [3.8, 4) is 0 Å². The molecule has 1 amide bonds. The van der Waals surface area contributed by atoms with E-state index < -0.39 is 16.0 Å². The van der Waals surface area contributed by atoms with Crippen molar-refractivity contribution in [2.24, 2.45) is 0 Å². The summed E-state index contributed by atoms with van der Waals surface area (Å²) in [6.07, 6.45) is 1.15. The number of fused-ring (bicyclic) bond motifs is 1. The third kappa shape index (κ3) is 6.27. The van der Waals surface area contributed by atoms with Crippen molar-refractivity contribution in [2.45, 2.75) is 6.92 Å². The molecule has 1 aliphatic rings. The van der Waals surface area contributed by atoms with E-state index >= 15 is 0 Å². The van der Waals surface area contributed by atoms with E-state index in [-0.39, 0.29) is 24.7 Å². The normalized spacial score (nSPS) is 14.0. The molecule has 3 aromatic rings. The van der Waals surface area contributed by atoms with E-state index in [0.717, 1.165) is 11.8 Å². The summed E-state index contributed by atoms with van der Waals surface area (Å²) in [6.45, 7) is 2.73. The highest BCUT2D eigenvalue weighted by molar-refractivity contribution is 7.92. The van der Waals surface area contributed by atoms with Gasteiger partial charge in [0.25, 0.3) is 5.91 Å². The van der Waals surface area contributed by atoms with Crippen molar-refractivity contribution in [3.63, 3.8) is 0 Å². The molecule has 0 atom stereocenters. The number of nitrogens with one attached hydrogen (secondary N) is 2. The third-order valence-corrected chi connectivity index (χ3v) is 7.48. The first kappa shape index (κ1) is 28.7. The molecule has 1 heterocycles. The van der Waals surface area contributed by atoms with Crippen LogP contribution in [0.25, 0.3) is 11.3 Å². The molecule has 0 saturated carbocycles. The molecule has 0 radical (unpaired) electrons. The second-order valence-corrected chi connectivity index (χ2v) is 11.5. The highest BCUT2D eigenvalue weighted by Gasteiger charge is 2.30. The van der Waals surface area contributed by atoms with Gasteiger partial charge in [-0.15, -0.1) is 0 Å². The number of benzene rings is 3. The number of carbonyl (C=O) groups is 2. The number of carbonyl (C=O) groups excluding carboxylic acids is 2. The minimum absolute atomic E-state index is 0.243. The van der Waals surface area contributed by atoms with Crippen molar-refractivity contribution in [1.82, 2.24) is 4.90 Å². The fraction of sp³-hybridized carbons (Fsp3) is 0.241. The summed E-state index contributed by atoms with van der Waals surface area (Å²) in [5, 5.41) is 6.18. The number of anilines is 4. The number of ether oxygens (including phenoxy) is 1. The van der Waals surface area contributed by atoms with E-state index in [1.54, 1.807) is 43.3 Å². The van der Waals surface area contributed by atoms with E-state index in [9.17, 15) is 18.0 Å². The van der Waals surface area contributed by atoms with Gasteiger partial charge in [-0.3, -0.25) is 9.10 Å². The number of sulfonamides is 1. The van der Waals surface area contributed by atoms with Crippen LogP contribution in [0.5, 0.6) is 0 Å². The predicted molar refractivity (Wildman–Crippen MR) is 160 cm³/mol. The molecule has 40 heavy (non-hydrogen) atoms. The Labute approximate surface area is 234 Å². The summed E-state index contributed by atoms with van der Waals surface area (Å²) >= 11 is 0. The Balaban J connectivity index is 1.76. The lowest BCUT2D eigenvalue weighted by Crippen LogP contribution is -2.36. The predicted octanol–water partition coefficient (Wildman–Crippen LogP) is 3.71. The summed E-state index contributed by atoms with van der Waals surface area (Å²) in [7, 11) is 0.160. The number of rotatable bonds is 10. The Hall–Kier alpha value is -4.35. The minimum Gasteiger partial charge on any atom is -0.462 e. The molecule has 210 valence electrons. The average Bonchev–Trinajstić information content (AvgIpc) is 3.22. The number of likely N-dealkylation sites (N-methyl/N-ethyl adjacent to an activating group) is 1. The Morgan fingerprint density at radius 1 is 1.00 bits per heavy atom. The van der Waals surface area contributed by atoms with Crippen LogP contribution in [-0.2, 0) is 19.6 Å². The maximum atomic E-state index is 13.3. The van der Waals surface area contributed by atoms with Gasteiger partial charge in [-0.25, -0.2) is 13.2 Å². The highest BCUT2D eigenvalue weighted by Crippen LogP contribution is 2.39. The van der Waals surface area contributed by atoms with Gasteiger partial charge in [0.05, 0.1) is 46.8 Å². The van der Waals surface area contributed by atoms with Crippen molar-refractivity contribution in [1.29, 1.82) is 0 Å². The zero-order chi connectivity index (χ0) is 29.0. The summed E-state index contributed by atoms with van der Waals surface area (Å²) in [4.78, 5) is 27.4. The largest absolute Gasteiger partial charge is 0.462 e. The molecule has 1 aliphatic heterocycles. The molecule has 0 bridgehead atoms. The molecule has 4 N–H and O–H groups in total. The summed E-state index contributed by atoms with van der Waals surface area (Å²) in [5.41, 5.74) is 10.7. The monoisotopic (exact) mass is 563 g/mol. The zero-order valence-electron chi connectivity index (χ0n) is 22.9. The van der Waals surface area contributed by atoms with E-state index in [1.807, 2.05) is 49.3 Å². The first-order valence-electron chi connectivity index (χ1n) is 12.7. The second-order valence-electron chi connectivity index (χ2n) is 9.59. The van der Waals surface area contributed by atoms with Crippen LogP contribution in [0.4, 0.5) is 22.7 Å². The molecule has 4 rings (SSSR count). The number of nitrogen functional groups attached to an aromatic ring is 1. The molecular weight excluding hydrogens is 530 g/mol. The van der Waals surface area contributed by atoms with Crippen LogP contribution < -0.4 is 20.7 Å². The van der Waals surface area contributed by atoms with Gasteiger partial charge >= 0.3 is 5.97 Å². The van der Waals surface area contributed by atoms with Gasteiger partial charge in [0.2, 0.25) is 10.0 Å². The molecule has 0 aromatic heterocycles. The van der Waals surface area contributed by atoms with Crippen LogP contribution >= 0.6 is 0 Å². The van der Waals surface area contributed by atoms with Crippen LogP contribution in [0.3, 0.4) is 0 Å². The summed E-state index contributed by atoms with van der Waals surface area (Å²) in [6, 6.07) is 19.3. The number of hydrogen-bond acceptors (Lipinski definition) is 8. The van der Waals surface area contributed by atoms with Crippen LogP contribution in [0.2, 0.25) is 0 Å². The van der Waals surface area contributed by atoms with Crippen molar-refractivity contribution in [3.05, 3.63) is 83.4 Å². The van der Waals surface area contributed by atoms with E-state index in [1.165, 1.54) is 4.31 Å². The quantitative estimate of drug-likeness (QED) is 0.193. The van der Waals surface area contributed by atoms with Crippen LogP contribution in [0, 0.1) is 0 Å². The standard InChI is InChI=1S/C29H33N5O5S/c1-5-39-29(36)20-11-13-22-24(17-20)32-28(35)26(22)27(19-9-7-6-8-10-19)31-21-12-14-25(23(30)18-21)34(40(4,37)38)16-15-33(2)3/h6-14,17-18,31H,5,15-16,30H2,1-4H3,(H,32,35). The molecule has 0 saturated heterocycles. The fourth-order valence-corrected chi connectivity index (χ4v) is 5.34. The summed E-state index contributed by atoms with van der Waals surface area (Å²) in [5.74, 6) is -0.804.